The molecule has 20 heavy (non-hydrogen) atoms. The van der Waals surface area contributed by atoms with Gasteiger partial charge in [-0.1, -0.05) is 6.07 Å². The molecule has 0 aliphatic carbocycles. The van der Waals surface area contributed by atoms with Crippen LogP contribution in [0.15, 0.2) is 24.5 Å². The van der Waals surface area contributed by atoms with Gasteiger partial charge in [0.1, 0.15) is 19.3 Å². The standard InChI is InChI=1S/C15H15N3O2/c1-18-10-17-12(9-16)13(18)4-2-11-3-5-14-15(8-11)20-7-6-19-14/h3,5,8,10H,2,4,6-7H2,1H3. The van der Waals surface area contributed by atoms with Crippen molar-refractivity contribution in [1.29, 1.82) is 5.26 Å². The van der Waals surface area contributed by atoms with Gasteiger partial charge in [0.15, 0.2) is 17.2 Å². The van der Waals surface area contributed by atoms with Crippen molar-refractivity contribution in [3.63, 3.8) is 0 Å². The summed E-state index contributed by atoms with van der Waals surface area (Å²) in [6.07, 6.45) is 3.29. The zero-order chi connectivity index (χ0) is 13.9. The lowest BCUT2D eigenvalue weighted by Crippen LogP contribution is -2.15. The maximum Gasteiger partial charge on any atom is 0.161 e. The number of benzene rings is 1. The largest absolute Gasteiger partial charge is 0.486 e. The number of nitrogens with zero attached hydrogens (tertiary/aromatic N) is 3. The third kappa shape index (κ3) is 2.32. The topological polar surface area (TPSA) is 60.1 Å². The first kappa shape index (κ1) is 12.5. The fraction of sp³-hybridized carbons (Fsp3) is 0.333. The minimum atomic E-state index is 0.505. The van der Waals surface area contributed by atoms with Crippen molar-refractivity contribution >= 4 is 0 Å². The zero-order valence-corrected chi connectivity index (χ0v) is 11.3. The Morgan fingerprint density at radius 3 is 2.85 bits per heavy atom. The molecular formula is C15H15N3O2. The summed E-state index contributed by atoms with van der Waals surface area (Å²) in [7, 11) is 1.91. The first-order valence-electron chi connectivity index (χ1n) is 6.57. The molecule has 2 aromatic rings. The highest BCUT2D eigenvalue weighted by molar-refractivity contribution is 5.44. The number of aryl methyl sites for hydroxylation is 2. The predicted octanol–water partition coefficient (Wildman–Crippen LogP) is 1.85. The summed E-state index contributed by atoms with van der Waals surface area (Å²) in [5.41, 5.74) is 2.63. The molecule has 1 aromatic heterocycles. The van der Waals surface area contributed by atoms with E-state index in [1.54, 1.807) is 6.33 Å². The Morgan fingerprint density at radius 1 is 1.25 bits per heavy atom. The van der Waals surface area contributed by atoms with Crippen molar-refractivity contribution < 1.29 is 9.47 Å². The molecule has 0 saturated heterocycles. The second kappa shape index (κ2) is 5.25. The molecule has 5 nitrogen and oxygen atoms in total. The lowest BCUT2D eigenvalue weighted by molar-refractivity contribution is 0.171. The van der Waals surface area contributed by atoms with Gasteiger partial charge < -0.3 is 14.0 Å². The number of ether oxygens (including phenoxy) is 2. The number of nitriles is 1. The Balaban J connectivity index is 1.75. The fourth-order valence-electron chi connectivity index (χ4n) is 2.35. The molecule has 102 valence electrons. The molecule has 0 spiro atoms. The Hall–Kier alpha value is -2.48. The number of hydrogen-bond donors (Lipinski definition) is 0. The molecule has 0 fully saturated rings. The van der Waals surface area contributed by atoms with Crippen molar-refractivity contribution in [3.05, 3.63) is 41.5 Å². The van der Waals surface area contributed by atoms with Gasteiger partial charge in [0.05, 0.1) is 12.0 Å². The third-order valence-corrected chi connectivity index (χ3v) is 3.42. The van der Waals surface area contributed by atoms with Gasteiger partial charge in [0.2, 0.25) is 0 Å². The summed E-state index contributed by atoms with van der Waals surface area (Å²) in [6, 6.07) is 8.12. The summed E-state index contributed by atoms with van der Waals surface area (Å²) in [6.45, 7) is 1.20. The van der Waals surface area contributed by atoms with E-state index < -0.39 is 0 Å². The number of rotatable bonds is 3. The average Bonchev–Trinajstić information content (AvgIpc) is 2.85. The maximum atomic E-state index is 9.02. The quantitative estimate of drug-likeness (QED) is 0.853. The molecule has 0 amide bonds. The van der Waals surface area contributed by atoms with Crippen molar-refractivity contribution in [2.24, 2.45) is 7.05 Å². The van der Waals surface area contributed by atoms with Crippen LogP contribution in [-0.2, 0) is 19.9 Å². The number of hydrogen-bond acceptors (Lipinski definition) is 4. The van der Waals surface area contributed by atoms with Gasteiger partial charge >= 0.3 is 0 Å². The molecule has 0 atom stereocenters. The van der Waals surface area contributed by atoms with Crippen molar-refractivity contribution in [2.75, 3.05) is 13.2 Å². The van der Waals surface area contributed by atoms with E-state index in [0.717, 1.165) is 30.0 Å². The zero-order valence-electron chi connectivity index (χ0n) is 11.3. The van der Waals surface area contributed by atoms with Gasteiger partial charge in [0, 0.05) is 7.05 Å². The Morgan fingerprint density at radius 2 is 2.05 bits per heavy atom. The minimum Gasteiger partial charge on any atom is -0.486 e. The van der Waals surface area contributed by atoms with Crippen molar-refractivity contribution in [3.8, 4) is 17.6 Å². The Labute approximate surface area is 117 Å². The van der Waals surface area contributed by atoms with Gasteiger partial charge in [-0.15, -0.1) is 0 Å². The van der Waals surface area contributed by atoms with Crippen LogP contribution in [0.1, 0.15) is 17.0 Å². The highest BCUT2D eigenvalue weighted by Crippen LogP contribution is 2.31. The monoisotopic (exact) mass is 269 g/mol. The lowest BCUT2D eigenvalue weighted by Gasteiger charge is -2.18. The number of imidazole rings is 1. The van der Waals surface area contributed by atoms with E-state index in [0.29, 0.717) is 18.9 Å². The van der Waals surface area contributed by atoms with E-state index in [1.807, 2.05) is 29.8 Å². The summed E-state index contributed by atoms with van der Waals surface area (Å²) in [5, 5.41) is 9.02. The van der Waals surface area contributed by atoms with Gasteiger partial charge in [-0.2, -0.15) is 5.26 Å². The first-order valence-corrected chi connectivity index (χ1v) is 6.57. The van der Waals surface area contributed by atoms with Crippen LogP contribution in [0.4, 0.5) is 0 Å². The second-order valence-corrected chi connectivity index (χ2v) is 4.74. The Kier molecular flexibility index (Phi) is 3.30. The van der Waals surface area contributed by atoms with E-state index in [1.165, 1.54) is 5.56 Å². The third-order valence-electron chi connectivity index (χ3n) is 3.42. The molecule has 0 bridgehead atoms. The van der Waals surface area contributed by atoms with E-state index in [9.17, 15) is 0 Å². The molecule has 5 heteroatoms. The van der Waals surface area contributed by atoms with Crippen LogP contribution in [-0.4, -0.2) is 22.8 Å². The summed E-state index contributed by atoms with van der Waals surface area (Å²) < 4.78 is 13.0. The number of aromatic nitrogens is 2. The molecule has 0 radical (unpaired) electrons. The second-order valence-electron chi connectivity index (χ2n) is 4.74. The molecule has 2 heterocycles. The molecule has 0 unspecified atom stereocenters. The van der Waals surface area contributed by atoms with Gasteiger partial charge in [-0.25, -0.2) is 4.98 Å². The van der Waals surface area contributed by atoms with Gasteiger partial charge in [-0.05, 0) is 30.5 Å². The molecule has 1 aliphatic heterocycles. The molecule has 1 aliphatic rings. The van der Waals surface area contributed by atoms with Crippen LogP contribution in [0.2, 0.25) is 0 Å². The van der Waals surface area contributed by atoms with E-state index in [2.05, 4.69) is 11.1 Å². The van der Waals surface area contributed by atoms with Crippen LogP contribution in [0.3, 0.4) is 0 Å². The van der Waals surface area contributed by atoms with Crippen LogP contribution >= 0.6 is 0 Å². The average molecular weight is 269 g/mol. The van der Waals surface area contributed by atoms with Crippen LogP contribution in [0, 0.1) is 11.3 Å². The van der Waals surface area contributed by atoms with E-state index in [-0.39, 0.29) is 0 Å². The summed E-state index contributed by atoms with van der Waals surface area (Å²) in [5.74, 6) is 1.61. The molecule has 1 aromatic carbocycles. The summed E-state index contributed by atoms with van der Waals surface area (Å²) >= 11 is 0. The minimum absolute atomic E-state index is 0.505. The van der Waals surface area contributed by atoms with Crippen LogP contribution < -0.4 is 9.47 Å². The summed E-state index contributed by atoms with van der Waals surface area (Å²) in [4.78, 5) is 4.07. The highest BCUT2D eigenvalue weighted by atomic mass is 16.6. The molecule has 0 N–H and O–H groups in total. The maximum absolute atomic E-state index is 9.02. The lowest BCUT2D eigenvalue weighted by atomic mass is 10.1. The molecular weight excluding hydrogens is 254 g/mol. The van der Waals surface area contributed by atoms with Gasteiger partial charge in [0.25, 0.3) is 0 Å². The molecule has 3 rings (SSSR count). The van der Waals surface area contributed by atoms with E-state index >= 15 is 0 Å². The van der Waals surface area contributed by atoms with E-state index in [4.69, 9.17) is 14.7 Å². The molecule has 0 saturated carbocycles. The normalized spacial score (nSPS) is 13.0. The SMILES string of the molecule is Cn1cnc(C#N)c1CCc1ccc2c(c1)OCCO2. The number of fused-ring (bicyclic) bond motifs is 1. The highest BCUT2D eigenvalue weighted by Gasteiger charge is 2.13. The van der Waals surface area contributed by atoms with Crippen LogP contribution in [0.5, 0.6) is 11.5 Å². The predicted molar refractivity (Wildman–Crippen MR) is 72.8 cm³/mol. The van der Waals surface area contributed by atoms with Gasteiger partial charge in [-0.3, -0.25) is 0 Å². The van der Waals surface area contributed by atoms with Crippen molar-refractivity contribution in [2.45, 2.75) is 12.8 Å². The first-order chi connectivity index (χ1) is 9.78. The van der Waals surface area contributed by atoms with Crippen LogP contribution in [0.25, 0.3) is 0 Å². The van der Waals surface area contributed by atoms with Crippen molar-refractivity contribution in [1.82, 2.24) is 9.55 Å². The smallest absolute Gasteiger partial charge is 0.161 e. The Bertz CT molecular complexity index is 670. The fourth-order valence-corrected chi connectivity index (χ4v) is 2.35.